The van der Waals surface area contributed by atoms with Gasteiger partial charge in [-0.25, -0.2) is 9.18 Å². The van der Waals surface area contributed by atoms with Crippen molar-refractivity contribution in [2.45, 2.75) is 132 Å². The number of fused-ring (bicyclic) bond motifs is 5. The summed E-state index contributed by atoms with van der Waals surface area (Å²) in [6.45, 7) is 17.0. The zero-order valence-corrected chi connectivity index (χ0v) is 32.4. The van der Waals surface area contributed by atoms with Gasteiger partial charge in [0, 0.05) is 24.2 Å². The van der Waals surface area contributed by atoms with Crippen LogP contribution >= 0.6 is 0 Å². The fourth-order valence-electron chi connectivity index (χ4n) is 12.9. The first-order chi connectivity index (χ1) is 24.4. The Morgan fingerprint density at radius 2 is 1.58 bits per heavy atom. The first kappa shape index (κ1) is 38.5. The van der Waals surface area contributed by atoms with Crippen LogP contribution in [-0.2, 0) is 17.9 Å². The van der Waals surface area contributed by atoms with Crippen molar-refractivity contribution in [3.63, 3.8) is 0 Å². The second-order valence-electron chi connectivity index (χ2n) is 18.4. The molecule has 4 aliphatic carbocycles. The Balaban J connectivity index is 1.15. The maximum absolute atomic E-state index is 14.5. The molecule has 0 heterocycles. The average Bonchev–Trinajstić information content (AvgIpc) is 3.10. The molecule has 0 aromatic heterocycles. The van der Waals surface area contributed by atoms with Crippen molar-refractivity contribution in [3.05, 3.63) is 70.5 Å². The van der Waals surface area contributed by atoms with Crippen LogP contribution in [0.2, 0.25) is 0 Å². The van der Waals surface area contributed by atoms with E-state index in [0.717, 1.165) is 63.0 Å². The molecule has 7 nitrogen and oxygen atoms in total. The SMILES string of the molecule is CCCC1(C(=O)NCc2cccc(C(=O)NCc3cc(C(=O)O)ccc3F)c2)CC[C@]2(C)C(CCC3C4(C)CCC(O)C(C)(C)C4CCC32C)C1C. The number of hydrogen-bond acceptors (Lipinski definition) is 4. The molecule has 4 fully saturated rings. The summed E-state index contributed by atoms with van der Waals surface area (Å²) in [5, 5.41) is 26.3. The number of nitrogens with one attached hydrogen (secondary N) is 2. The number of carbonyl (C=O) groups excluding carboxylic acids is 2. The average molecular weight is 717 g/mol. The van der Waals surface area contributed by atoms with Crippen LogP contribution in [0.4, 0.5) is 4.39 Å². The summed E-state index contributed by atoms with van der Waals surface area (Å²) < 4.78 is 14.3. The molecular formula is C44H61FN2O5. The minimum absolute atomic E-state index is 0.0467. The molecule has 284 valence electrons. The predicted octanol–water partition coefficient (Wildman–Crippen LogP) is 8.92. The van der Waals surface area contributed by atoms with Crippen LogP contribution in [0.1, 0.15) is 145 Å². The third-order valence-electron chi connectivity index (χ3n) is 16.0. The standard InChI is InChI=1S/C44H61FN2O5/c1-8-18-44(39(52)47-25-28-10-9-11-29(23-28)37(49)46-26-31-24-30(38(50)51)12-14-33(31)45)22-21-42(6)32(27(44)2)13-15-35-41(5)19-17-36(48)40(3,4)34(41)16-20-43(35,42)7/h9-12,14,23-24,27,32,34-36,48H,8,13,15-22,25-26H2,1-7H3,(H,46,49)(H,47,52)(H,50,51)/t27?,32?,34?,35?,36?,41?,42-,43?,44?/m1/s1. The second kappa shape index (κ2) is 13.9. The molecule has 8 unspecified atom stereocenters. The van der Waals surface area contributed by atoms with E-state index in [-0.39, 0.29) is 57.3 Å². The van der Waals surface area contributed by atoms with Crippen LogP contribution in [-0.4, -0.2) is 34.1 Å². The van der Waals surface area contributed by atoms with Crippen molar-refractivity contribution >= 4 is 17.8 Å². The fourth-order valence-corrected chi connectivity index (χ4v) is 12.9. The van der Waals surface area contributed by atoms with Gasteiger partial charge < -0.3 is 20.8 Å². The molecule has 9 atom stereocenters. The van der Waals surface area contributed by atoms with Gasteiger partial charge in [0.2, 0.25) is 5.91 Å². The molecule has 8 heteroatoms. The minimum atomic E-state index is -1.16. The van der Waals surface area contributed by atoms with E-state index < -0.39 is 23.1 Å². The summed E-state index contributed by atoms with van der Waals surface area (Å²) in [7, 11) is 0. The van der Waals surface area contributed by atoms with Gasteiger partial charge in [0.1, 0.15) is 5.82 Å². The molecule has 0 spiro atoms. The van der Waals surface area contributed by atoms with Crippen LogP contribution in [0, 0.1) is 56.6 Å². The van der Waals surface area contributed by atoms with E-state index in [9.17, 15) is 29.0 Å². The van der Waals surface area contributed by atoms with Gasteiger partial charge >= 0.3 is 5.97 Å². The van der Waals surface area contributed by atoms with Gasteiger partial charge in [-0.3, -0.25) is 9.59 Å². The van der Waals surface area contributed by atoms with Crippen LogP contribution in [0.3, 0.4) is 0 Å². The molecule has 2 aromatic carbocycles. The molecule has 6 rings (SSSR count). The van der Waals surface area contributed by atoms with Gasteiger partial charge in [-0.1, -0.05) is 67.0 Å². The molecule has 4 N–H and O–H groups in total. The van der Waals surface area contributed by atoms with Crippen LogP contribution in [0.15, 0.2) is 42.5 Å². The first-order valence-electron chi connectivity index (χ1n) is 19.8. The molecule has 0 radical (unpaired) electrons. The highest BCUT2D eigenvalue weighted by Crippen LogP contribution is 2.75. The zero-order chi connectivity index (χ0) is 37.9. The topological polar surface area (TPSA) is 116 Å². The molecule has 0 aliphatic heterocycles. The van der Waals surface area contributed by atoms with E-state index in [0.29, 0.717) is 29.9 Å². The minimum Gasteiger partial charge on any atom is -0.478 e. The van der Waals surface area contributed by atoms with E-state index in [4.69, 9.17) is 0 Å². The van der Waals surface area contributed by atoms with E-state index in [1.807, 2.05) is 6.07 Å². The lowest BCUT2D eigenvalue weighted by Gasteiger charge is -2.72. The molecule has 0 saturated heterocycles. The molecule has 2 aromatic rings. The number of halogens is 1. The number of hydrogen-bond donors (Lipinski definition) is 4. The lowest BCUT2D eigenvalue weighted by Crippen LogP contribution is -2.67. The summed E-state index contributed by atoms with van der Waals surface area (Å²) >= 11 is 0. The Morgan fingerprint density at radius 3 is 2.29 bits per heavy atom. The van der Waals surface area contributed by atoms with Gasteiger partial charge in [-0.15, -0.1) is 0 Å². The predicted molar refractivity (Wildman–Crippen MR) is 201 cm³/mol. The van der Waals surface area contributed by atoms with Gasteiger partial charge in [0.25, 0.3) is 5.91 Å². The number of carbonyl (C=O) groups is 3. The van der Waals surface area contributed by atoms with E-state index >= 15 is 0 Å². The summed E-state index contributed by atoms with van der Waals surface area (Å²) in [5.74, 6) is -0.219. The zero-order valence-electron chi connectivity index (χ0n) is 32.4. The largest absolute Gasteiger partial charge is 0.478 e. The van der Waals surface area contributed by atoms with Crippen molar-refractivity contribution in [3.8, 4) is 0 Å². The summed E-state index contributed by atoms with van der Waals surface area (Å²) in [5.41, 5.74) is 1.26. The highest BCUT2D eigenvalue weighted by molar-refractivity contribution is 5.94. The van der Waals surface area contributed by atoms with Gasteiger partial charge in [0.15, 0.2) is 0 Å². The van der Waals surface area contributed by atoms with Gasteiger partial charge in [0.05, 0.1) is 17.1 Å². The highest BCUT2D eigenvalue weighted by Gasteiger charge is 2.69. The highest BCUT2D eigenvalue weighted by atomic mass is 19.1. The number of aromatic carboxylic acids is 1. The quantitative estimate of drug-likeness (QED) is 0.207. The summed E-state index contributed by atoms with van der Waals surface area (Å²) in [6, 6.07) is 10.6. The Hall–Kier alpha value is -3.26. The molecule has 4 saturated carbocycles. The molecule has 0 bridgehead atoms. The lowest BCUT2D eigenvalue weighted by molar-refractivity contribution is -0.246. The first-order valence-corrected chi connectivity index (χ1v) is 19.8. The Labute approximate surface area is 309 Å². The second-order valence-corrected chi connectivity index (χ2v) is 18.4. The number of amides is 2. The molecule has 2 amide bonds. The third kappa shape index (κ3) is 6.09. The smallest absolute Gasteiger partial charge is 0.335 e. The summed E-state index contributed by atoms with van der Waals surface area (Å²) in [4.78, 5) is 38.8. The van der Waals surface area contributed by atoms with Crippen molar-refractivity contribution < 1.29 is 29.0 Å². The molecular weight excluding hydrogens is 655 g/mol. The van der Waals surface area contributed by atoms with Crippen molar-refractivity contribution in [1.29, 1.82) is 0 Å². The number of aliphatic hydroxyl groups is 1. The number of carboxylic acid groups (broad SMARTS) is 1. The van der Waals surface area contributed by atoms with Gasteiger partial charge in [-0.2, -0.15) is 0 Å². The van der Waals surface area contributed by atoms with E-state index in [1.54, 1.807) is 18.2 Å². The Bertz CT molecular complexity index is 1710. The maximum atomic E-state index is 14.5. The van der Waals surface area contributed by atoms with Crippen LogP contribution in [0.25, 0.3) is 0 Å². The van der Waals surface area contributed by atoms with Crippen molar-refractivity contribution in [1.82, 2.24) is 10.6 Å². The maximum Gasteiger partial charge on any atom is 0.335 e. The molecule has 52 heavy (non-hydrogen) atoms. The summed E-state index contributed by atoms with van der Waals surface area (Å²) in [6.07, 6.45) is 10.1. The monoisotopic (exact) mass is 716 g/mol. The number of rotatable bonds is 9. The Kier molecular flexibility index (Phi) is 10.3. The number of aliphatic hydroxyl groups excluding tert-OH is 1. The normalized spacial score (nSPS) is 36.4. The number of benzene rings is 2. The van der Waals surface area contributed by atoms with Crippen LogP contribution < -0.4 is 10.6 Å². The third-order valence-corrected chi connectivity index (χ3v) is 16.0. The Morgan fingerprint density at radius 1 is 0.827 bits per heavy atom. The van der Waals surface area contributed by atoms with Crippen molar-refractivity contribution in [2.24, 2.45) is 50.7 Å². The van der Waals surface area contributed by atoms with Gasteiger partial charge in [-0.05, 0) is 139 Å². The van der Waals surface area contributed by atoms with E-state index in [2.05, 4.69) is 59.1 Å². The fraction of sp³-hybridized carbons (Fsp3) is 0.659. The van der Waals surface area contributed by atoms with E-state index in [1.165, 1.54) is 25.0 Å². The number of carboxylic acids is 1. The van der Waals surface area contributed by atoms with Crippen LogP contribution in [0.5, 0.6) is 0 Å². The molecule has 4 aliphatic rings. The lowest BCUT2D eigenvalue weighted by atomic mass is 9.32. The van der Waals surface area contributed by atoms with Crippen molar-refractivity contribution in [2.75, 3.05) is 0 Å².